The zero-order valence-corrected chi connectivity index (χ0v) is 12.6. The summed E-state index contributed by atoms with van der Waals surface area (Å²) in [6, 6.07) is 4.49. The standard InChI is InChI=1S/C15H19N5S/c16-20-14-8-13(18-15(19-14)9-4-5-9)17-11-2-1-3-12-10(11)6-7-21-12/h6-9,11H,1-5,16H2,(H2,17,18,19,20). The first-order valence-corrected chi connectivity index (χ1v) is 8.40. The summed E-state index contributed by atoms with van der Waals surface area (Å²) >= 11 is 1.86. The van der Waals surface area contributed by atoms with Crippen LogP contribution in [0.4, 0.5) is 11.6 Å². The van der Waals surface area contributed by atoms with Crippen LogP contribution in [0.3, 0.4) is 0 Å². The van der Waals surface area contributed by atoms with E-state index in [2.05, 4.69) is 32.2 Å². The number of nitrogen functional groups attached to an aromatic ring is 1. The second-order valence-corrected chi connectivity index (χ2v) is 6.80. The summed E-state index contributed by atoms with van der Waals surface area (Å²) in [5.41, 5.74) is 4.08. The van der Waals surface area contributed by atoms with Gasteiger partial charge in [-0.05, 0) is 49.1 Å². The van der Waals surface area contributed by atoms with Crippen LogP contribution in [0.25, 0.3) is 0 Å². The third-order valence-corrected chi connectivity index (χ3v) is 5.20. The fourth-order valence-corrected chi connectivity index (χ4v) is 3.94. The SMILES string of the molecule is NNc1cc(NC2CCCc3sccc32)nc(C2CC2)n1. The first kappa shape index (κ1) is 13.0. The highest BCUT2D eigenvalue weighted by atomic mass is 32.1. The van der Waals surface area contributed by atoms with Crippen molar-refractivity contribution >= 4 is 23.0 Å². The van der Waals surface area contributed by atoms with Gasteiger partial charge in [0.05, 0.1) is 6.04 Å². The molecule has 2 aromatic heterocycles. The maximum Gasteiger partial charge on any atom is 0.145 e. The van der Waals surface area contributed by atoms with Crippen molar-refractivity contribution in [2.45, 2.75) is 44.1 Å². The number of anilines is 2. The normalized spacial score (nSPS) is 20.9. The zero-order valence-electron chi connectivity index (χ0n) is 11.8. The van der Waals surface area contributed by atoms with E-state index in [1.807, 2.05) is 17.4 Å². The van der Waals surface area contributed by atoms with Crippen molar-refractivity contribution in [2.75, 3.05) is 10.7 Å². The van der Waals surface area contributed by atoms with E-state index < -0.39 is 0 Å². The average Bonchev–Trinajstić information content (AvgIpc) is 3.25. The van der Waals surface area contributed by atoms with Crippen molar-refractivity contribution in [3.8, 4) is 0 Å². The molecule has 21 heavy (non-hydrogen) atoms. The van der Waals surface area contributed by atoms with Gasteiger partial charge in [0.1, 0.15) is 17.5 Å². The van der Waals surface area contributed by atoms with E-state index in [-0.39, 0.29) is 0 Å². The van der Waals surface area contributed by atoms with Crippen molar-refractivity contribution in [1.29, 1.82) is 0 Å². The van der Waals surface area contributed by atoms with E-state index in [0.717, 1.165) is 18.1 Å². The summed E-state index contributed by atoms with van der Waals surface area (Å²) < 4.78 is 0. The Labute approximate surface area is 128 Å². The largest absolute Gasteiger partial charge is 0.363 e. The predicted octanol–water partition coefficient (Wildman–Crippen LogP) is 3.19. The van der Waals surface area contributed by atoms with E-state index in [9.17, 15) is 0 Å². The Morgan fingerprint density at radius 2 is 2.05 bits per heavy atom. The molecule has 0 amide bonds. The molecule has 0 aromatic carbocycles. The number of aromatic nitrogens is 2. The fourth-order valence-electron chi connectivity index (χ4n) is 2.95. The second kappa shape index (κ2) is 5.27. The molecule has 0 spiro atoms. The molecule has 0 radical (unpaired) electrons. The Bertz CT molecular complexity index is 649. The molecule has 1 fully saturated rings. The number of hydrazine groups is 1. The molecular formula is C15H19N5S. The molecule has 0 bridgehead atoms. The molecule has 110 valence electrons. The summed E-state index contributed by atoms with van der Waals surface area (Å²) in [7, 11) is 0. The van der Waals surface area contributed by atoms with Gasteiger partial charge in [0, 0.05) is 16.9 Å². The van der Waals surface area contributed by atoms with Crippen LogP contribution in [0, 0.1) is 0 Å². The Kier molecular flexibility index (Phi) is 3.27. The van der Waals surface area contributed by atoms with E-state index >= 15 is 0 Å². The molecule has 0 saturated heterocycles. The molecule has 2 aliphatic rings. The van der Waals surface area contributed by atoms with E-state index in [1.165, 1.54) is 36.1 Å². The summed E-state index contributed by atoms with van der Waals surface area (Å²) in [6.07, 6.45) is 5.96. The van der Waals surface area contributed by atoms with Gasteiger partial charge in [0.2, 0.25) is 0 Å². The Balaban J connectivity index is 1.61. The molecule has 2 aromatic rings. The highest BCUT2D eigenvalue weighted by molar-refractivity contribution is 7.10. The van der Waals surface area contributed by atoms with Crippen molar-refractivity contribution in [2.24, 2.45) is 5.84 Å². The second-order valence-electron chi connectivity index (χ2n) is 5.80. The maximum atomic E-state index is 5.53. The van der Waals surface area contributed by atoms with Crippen LogP contribution in [0.15, 0.2) is 17.5 Å². The molecular weight excluding hydrogens is 282 g/mol. The molecule has 0 aliphatic heterocycles. The number of hydrogen-bond donors (Lipinski definition) is 3. The van der Waals surface area contributed by atoms with Crippen LogP contribution in [0.1, 0.15) is 53.9 Å². The van der Waals surface area contributed by atoms with Crippen molar-refractivity contribution in [3.63, 3.8) is 0 Å². The van der Waals surface area contributed by atoms with Gasteiger partial charge in [0.15, 0.2) is 0 Å². The van der Waals surface area contributed by atoms with Gasteiger partial charge >= 0.3 is 0 Å². The molecule has 6 heteroatoms. The van der Waals surface area contributed by atoms with Crippen molar-refractivity contribution in [3.05, 3.63) is 33.8 Å². The van der Waals surface area contributed by atoms with Gasteiger partial charge in [-0.3, -0.25) is 0 Å². The summed E-state index contributed by atoms with van der Waals surface area (Å²) in [6.45, 7) is 0. The molecule has 4 N–H and O–H groups in total. The van der Waals surface area contributed by atoms with Crippen LogP contribution in [0.5, 0.6) is 0 Å². The lowest BCUT2D eigenvalue weighted by Crippen LogP contribution is -2.18. The number of rotatable bonds is 4. The minimum absolute atomic E-state index is 0.354. The van der Waals surface area contributed by atoms with Crippen LogP contribution < -0.4 is 16.6 Å². The molecule has 1 atom stereocenters. The topological polar surface area (TPSA) is 75.9 Å². The lowest BCUT2D eigenvalue weighted by atomic mass is 9.94. The molecule has 1 unspecified atom stereocenters. The third kappa shape index (κ3) is 2.61. The van der Waals surface area contributed by atoms with Gasteiger partial charge in [-0.15, -0.1) is 11.3 Å². The van der Waals surface area contributed by atoms with Crippen molar-refractivity contribution in [1.82, 2.24) is 9.97 Å². The van der Waals surface area contributed by atoms with Crippen LogP contribution >= 0.6 is 11.3 Å². The van der Waals surface area contributed by atoms with Crippen LogP contribution in [-0.4, -0.2) is 9.97 Å². The summed E-state index contributed by atoms with van der Waals surface area (Å²) in [5.74, 6) is 8.53. The molecule has 2 heterocycles. The van der Waals surface area contributed by atoms with Gasteiger partial charge in [-0.2, -0.15) is 0 Å². The maximum absolute atomic E-state index is 5.53. The quantitative estimate of drug-likeness (QED) is 0.597. The van der Waals surface area contributed by atoms with Gasteiger partial charge in [-0.1, -0.05) is 0 Å². The zero-order chi connectivity index (χ0) is 14.2. The Morgan fingerprint density at radius 1 is 1.19 bits per heavy atom. The molecule has 5 nitrogen and oxygen atoms in total. The Hall–Kier alpha value is -1.66. The monoisotopic (exact) mass is 301 g/mol. The van der Waals surface area contributed by atoms with Gasteiger partial charge in [0.25, 0.3) is 0 Å². The summed E-state index contributed by atoms with van der Waals surface area (Å²) in [4.78, 5) is 10.6. The number of nitrogens with two attached hydrogens (primary N) is 1. The van der Waals surface area contributed by atoms with Crippen LogP contribution in [-0.2, 0) is 6.42 Å². The third-order valence-electron chi connectivity index (χ3n) is 4.21. The number of nitrogens with zero attached hydrogens (tertiary/aromatic N) is 2. The molecule has 2 aliphatic carbocycles. The van der Waals surface area contributed by atoms with E-state index in [4.69, 9.17) is 5.84 Å². The van der Waals surface area contributed by atoms with E-state index in [1.54, 1.807) is 0 Å². The first-order chi connectivity index (χ1) is 10.3. The Morgan fingerprint density at radius 3 is 2.86 bits per heavy atom. The summed E-state index contributed by atoms with van der Waals surface area (Å²) in [5, 5.41) is 5.77. The lowest BCUT2D eigenvalue weighted by molar-refractivity contribution is 0.606. The minimum Gasteiger partial charge on any atom is -0.363 e. The van der Waals surface area contributed by atoms with Gasteiger partial charge < -0.3 is 10.7 Å². The number of aryl methyl sites for hydroxylation is 1. The molecule has 4 rings (SSSR count). The lowest BCUT2D eigenvalue weighted by Gasteiger charge is -2.24. The van der Waals surface area contributed by atoms with Gasteiger partial charge in [-0.25, -0.2) is 15.8 Å². The number of nitrogens with one attached hydrogen (secondary N) is 2. The first-order valence-electron chi connectivity index (χ1n) is 7.52. The minimum atomic E-state index is 0.354. The van der Waals surface area contributed by atoms with Crippen molar-refractivity contribution < 1.29 is 0 Å². The average molecular weight is 301 g/mol. The van der Waals surface area contributed by atoms with Crippen LogP contribution in [0.2, 0.25) is 0 Å². The van der Waals surface area contributed by atoms with E-state index in [0.29, 0.717) is 17.8 Å². The highest BCUT2D eigenvalue weighted by Crippen LogP contribution is 2.40. The highest BCUT2D eigenvalue weighted by Gasteiger charge is 2.28. The number of fused-ring (bicyclic) bond motifs is 1. The molecule has 1 saturated carbocycles. The smallest absolute Gasteiger partial charge is 0.145 e. The number of thiophene rings is 1. The fraction of sp³-hybridized carbons (Fsp3) is 0.467. The predicted molar refractivity (Wildman–Crippen MR) is 85.4 cm³/mol. The number of hydrogen-bond acceptors (Lipinski definition) is 6.